The molecule has 0 amide bonds. The largest absolute Gasteiger partial charge is 0.506 e. The minimum Gasteiger partial charge on any atom is -0.506 e. The van der Waals surface area contributed by atoms with E-state index in [1.807, 2.05) is 6.07 Å². The zero-order valence-electron chi connectivity index (χ0n) is 10.6. The molecule has 0 aromatic carbocycles. The SMILES string of the molecule is CCC1(CNCc2ccc(O)cn2)CCCC1. The minimum absolute atomic E-state index is 0.231. The van der Waals surface area contributed by atoms with Crippen LogP contribution in [0.1, 0.15) is 44.7 Å². The van der Waals surface area contributed by atoms with Crippen LogP contribution in [0.4, 0.5) is 0 Å². The van der Waals surface area contributed by atoms with E-state index in [1.54, 1.807) is 6.07 Å². The quantitative estimate of drug-likeness (QED) is 0.823. The molecule has 1 fully saturated rings. The Bertz CT molecular complexity index is 342. The number of aromatic nitrogens is 1. The summed E-state index contributed by atoms with van der Waals surface area (Å²) in [5, 5.41) is 12.7. The molecule has 1 heterocycles. The van der Waals surface area contributed by atoms with Gasteiger partial charge in [-0.15, -0.1) is 0 Å². The molecule has 1 aliphatic rings. The number of nitrogens with one attached hydrogen (secondary N) is 1. The third kappa shape index (κ3) is 3.19. The molecule has 2 rings (SSSR count). The van der Waals surface area contributed by atoms with Gasteiger partial charge >= 0.3 is 0 Å². The Kier molecular flexibility index (Phi) is 4.00. The molecule has 1 saturated carbocycles. The standard InChI is InChI=1S/C14H22N2O/c1-2-14(7-3-4-8-14)11-15-9-12-5-6-13(17)10-16-12/h5-6,10,15,17H,2-4,7-9,11H2,1H3. The Balaban J connectivity index is 1.80. The van der Waals surface area contributed by atoms with Gasteiger partial charge in [0.1, 0.15) is 5.75 Å². The molecule has 94 valence electrons. The zero-order valence-corrected chi connectivity index (χ0v) is 10.6. The highest BCUT2D eigenvalue weighted by molar-refractivity contribution is 5.17. The van der Waals surface area contributed by atoms with E-state index in [9.17, 15) is 0 Å². The second-order valence-electron chi connectivity index (χ2n) is 5.17. The van der Waals surface area contributed by atoms with Crippen molar-refractivity contribution in [3.63, 3.8) is 0 Å². The predicted octanol–water partition coefficient (Wildman–Crippen LogP) is 2.85. The van der Waals surface area contributed by atoms with Gasteiger partial charge in [-0.3, -0.25) is 4.98 Å². The molecule has 3 heteroatoms. The number of hydrogen-bond acceptors (Lipinski definition) is 3. The van der Waals surface area contributed by atoms with Gasteiger partial charge in [-0.05, 0) is 36.8 Å². The van der Waals surface area contributed by atoms with Crippen molar-refractivity contribution in [3.8, 4) is 5.75 Å². The number of nitrogens with zero attached hydrogens (tertiary/aromatic N) is 1. The lowest BCUT2D eigenvalue weighted by molar-refractivity contribution is 0.268. The van der Waals surface area contributed by atoms with E-state index in [4.69, 9.17) is 5.11 Å². The lowest BCUT2D eigenvalue weighted by Gasteiger charge is -2.27. The minimum atomic E-state index is 0.231. The average molecular weight is 234 g/mol. The normalized spacial score (nSPS) is 18.4. The van der Waals surface area contributed by atoms with Crippen LogP contribution in [-0.2, 0) is 6.54 Å². The van der Waals surface area contributed by atoms with E-state index in [0.29, 0.717) is 5.41 Å². The van der Waals surface area contributed by atoms with E-state index in [2.05, 4.69) is 17.2 Å². The Hall–Kier alpha value is -1.09. The van der Waals surface area contributed by atoms with Gasteiger partial charge in [0.2, 0.25) is 0 Å². The van der Waals surface area contributed by atoms with Crippen LogP contribution in [0.2, 0.25) is 0 Å². The van der Waals surface area contributed by atoms with Crippen molar-refractivity contribution in [1.82, 2.24) is 10.3 Å². The van der Waals surface area contributed by atoms with E-state index < -0.39 is 0 Å². The van der Waals surface area contributed by atoms with Gasteiger partial charge in [0.15, 0.2) is 0 Å². The van der Waals surface area contributed by atoms with Crippen LogP contribution in [0.5, 0.6) is 5.75 Å². The van der Waals surface area contributed by atoms with E-state index in [0.717, 1.165) is 18.8 Å². The smallest absolute Gasteiger partial charge is 0.133 e. The molecule has 2 N–H and O–H groups in total. The first-order valence-corrected chi connectivity index (χ1v) is 6.59. The molecule has 0 bridgehead atoms. The van der Waals surface area contributed by atoms with Crippen molar-refractivity contribution in [2.45, 2.75) is 45.6 Å². The van der Waals surface area contributed by atoms with Crippen LogP contribution in [0.3, 0.4) is 0 Å². The summed E-state index contributed by atoms with van der Waals surface area (Å²) in [5.41, 5.74) is 1.52. The summed E-state index contributed by atoms with van der Waals surface area (Å²) in [4.78, 5) is 4.18. The van der Waals surface area contributed by atoms with E-state index in [1.165, 1.54) is 38.3 Å². The summed E-state index contributed by atoms with van der Waals surface area (Å²) in [5.74, 6) is 0.231. The Morgan fingerprint density at radius 1 is 1.35 bits per heavy atom. The molecule has 0 saturated heterocycles. The Labute approximate surface area is 103 Å². The van der Waals surface area contributed by atoms with E-state index >= 15 is 0 Å². The molecule has 0 radical (unpaired) electrons. The second kappa shape index (κ2) is 5.50. The molecule has 1 aliphatic carbocycles. The molecular weight excluding hydrogens is 212 g/mol. The highest BCUT2D eigenvalue weighted by Gasteiger charge is 2.31. The maximum absolute atomic E-state index is 9.15. The van der Waals surface area contributed by atoms with Crippen molar-refractivity contribution < 1.29 is 5.11 Å². The first-order chi connectivity index (χ1) is 8.24. The first-order valence-electron chi connectivity index (χ1n) is 6.59. The maximum Gasteiger partial charge on any atom is 0.133 e. The van der Waals surface area contributed by atoms with E-state index in [-0.39, 0.29) is 5.75 Å². The van der Waals surface area contributed by atoms with Crippen molar-refractivity contribution in [3.05, 3.63) is 24.0 Å². The maximum atomic E-state index is 9.15. The van der Waals surface area contributed by atoms with Crippen molar-refractivity contribution >= 4 is 0 Å². The van der Waals surface area contributed by atoms with Crippen LogP contribution in [-0.4, -0.2) is 16.6 Å². The summed E-state index contributed by atoms with van der Waals surface area (Å²) in [6, 6.07) is 3.56. The third-order valence-electron chi connectivity index (χ3n) is 4.03. The highest BCUT2D eigenvalue weighted by atomic mass is 16.3. The van der Waals surface area contributed by atoms with Gasteiger partial charge in [-0.1, -0.05) is 19.8 Å². The lowest BCUT2D eigenvalue weighted by atomic mass is 9.83. The number of aromatic hydroxyl groups is 1. The zero-order chi connectivity index (χ0) is 12.1. The summed E-state index contributed by atoms with van der Waals surface area (Å²) >= 11 is 0. The topological polar surface area (TPSA) is 45.1 Å². The van der Waals surface area contributed by atoms with Crippen LogP contribution in [0, 0.1) is 5.41 Å². The molecule has 17 heavy (non-hydrogen) atoms. The van der Waals surface area contributed by atoms with Gasteiger partial charge in [0.05, 0.1) is 11.9 Å². The lowest BCUT2D eigenvalue weighted by Crippen LogP contribution is -2.31. The molecule has 0 spiro atoms. The monoisotopic (exact) mass is 234 g/mol. The third-order valence-corrected chi connectivity index (χ3v) is 4.03. The molecule has 3 nitrogen and oxygen atoms in total. The van der Waals surface area contributed by atoms with Crippen molar-refractivity contribution in [2.24, 2.45) is 5.41 Å². The molecule has 1 aromatic heterocycles. The summed E-state index contributed by atoms with van der Waals surface area (Å²) in [7, 11) is 0. The first kappa shape index (κ1) is 12.4. The highest BCUT2D eigenvalue weighted by Crippen LogP contribution is 2.40. The number of pyridine rings is 1. The predicted molar refractivity (Wildman–Crippen MR) is 68.8 cm³/mol. The second-order valence-corrected chi connectivity index (χ2v) is 5.17. The fourth-order valence-corrected chi connectivity index (χ4v) is 2.76. The fraction of sp³-hybridized carbons (Fsp3) is 0.643. The fourth-order valence-electron chi connectivity index (χ4n) is 2.76. The Morgan fingerprint density at radius 2 is 2.12 bits per heavy atom. The van der Waals surface area contributed by atoms with Gasteiger partial charge < -0.3 is 10.4 Å². The van der Waals surface area contributed by atoms with Crippen LogP contribution >= 0.6 is 0 Å². The Morgan fingerprint density at radius 3 is 2.71 bits per heavy atom. The molecule has 0 atom stereocenters. The summed E-state index contributed by atoms with van der Waals surface area (Å²) in [6.07, 6.45) is 8.25. The number of hydrogen-bond donors (Lipinski definition) is 2. The van der Waals surface area contributed by atoms with Crippen LogP contribution in [0.15, 0.2) is 18.3 Å². The molecular formula is C14H22N2O. The average Bonchev–Trinajstić information content (AvgIpc) is 2.81. The van der Waals surface area contributed by atoms with Crippen molar-refractivity contribution in [2.75, 3.05) is 6.54 Å². The summed E-state index contributed by atoms with van der Waals surface area (Å²) in [6.45, 7) is 4.18. The van der Waals surface area contributed by atoms with Gasteiger partial charge in [-0.25, -0.2) is 0 Å². The van der Waals surface area contributed by atoms with Crippen LogP contribution in [0.25, 0.3) is 0 Å². The van der Waals surface area contributed by atoms with Crippen LogP contribution < -0.4 is 5.32 Å². The van der Waals surface area contributed by atoms with Gasteiger partial charge in [0.25, 0.3) is 0 Å². The molecule has 1 aromatic rings. The van der Waals surface area contributed by atoms with Crippen molar-refractivity contribution in [1.29, 1.82) is 0 Å². The molecule has 0 aliphatic heterocycles. The van der Waals surface area contributed by atoms with Gasteiger partial charge in [0, 0.05) is 13.1 Å². The van der Waals surface area contributed by atoms with Gasteiger partial charge in [-0.2, -0.15) is 0 Å². The molecule has 0 unspecified atom stereocenters. The summed E-state index contributed by atoms with van der Waals surface area (Å²) < 4.78 is 0. The number of rotatable bonds is 5.